The maximum absolute atomic E-state index is 12.9. The highest BCUT2D eigenvalue weighted by molar-refractivity contribution is 5.81. The third-order valence-electron chi connectivity index (χ3n) is 4.93. The predicted octanol–water partition coefficient (Wildman–Crippen LogP) is 2.95. The van der Waals surface area contributed by atoms with Gasteiger partial charge in [-0.2, -0.15) is 0 Å². The Morgan fingerprint density at radius 2 is 1.83 bits per heavy atom. The Labute approximate surface area is 176 Å². The van der Waals surface area contributed by atoms with Gasteiger partial charge in [0.2, 0.25) is 5.91 Å². The molecule has 3 rings (SSSR count). The van der Waals surface area contributed by atoms with Crippen molar-refractivity contribution < 1.29 is 13.9 Å². The van der Waals surface area contributed by atoms with E-state index >= 15 is 0 Å². The largest absolute Gasteiger partial charge is 0.487 e. The molecule has 30 heavy (non-hydrogen) atoms. The van der Waals surface area contributed by atoms with Crippen LogP contribution in [0.2, 0.25) is 0 Å². The van der Waals surface area contributed by atoms with Gasteiger partial charge >= 0.3 is 0 Å². The summed E-state index contributed by atoms with van der Waals surface area (Å²) in [5.74, 6) is 1.14. The molecule has 6 nitrogen and oxygen atoms in total. The summed E-state index contributed by atoms with van der Waals surface area (Å²) in [5.41, 5.74) is 1.60. The van der Waals surface area contributed by atoms with E-state index in [1.807, 2.05) is 18.2 Å². The second kappa shape index (κ2) is 9.61. The first kappa shape index (κ1) is 21.6. The Hall–Kier alpha value is -3.09. The highest BCUT2D eigenvalue weighted by atomic mass is 19.1. The van der Waals surface area contributed by atoms with Gasteiger partial charge in [-0.05, 0) is 37.6 Å². The SMILES string of the molecule is CN=C(NCCNC(=O)Cc1ccc(F)cc1)NC1CC(C)(C)Oc2ccccc21. The van der Waals surface area contributed by atoms with Crippen molar-refractivity contribution in [1.82, 2.24) is 16.0 Å². The van der Waals surface area contributed by atoms with Crippen molar-refractivity contribution in [2.24, 2.45) is 4.99 Å². The number of nitrogens with zero attached hydrogens (tertiary/aromatic N) is 1. The Kier molecular flexibility index (Phi) is 6.92. The maximum atomic E-state index is 12.9. The topological polar surface area (TPSA) is 74.8 Å². The standard InChI is InChI=1S/C23H29FN4O2/c1-23(2)15-19(18-6-4-5-7-20(18)30-23)28-22(25-3)27-13-12-26-21(29)14-16-8-10-17(24)11-9-16/h4-11,19H,12-15H2,1-3H3,(H,26,29)(H2,25,27,28). The van der Waals surface area contributed by atoms with Crippen LogP contribution < -0.4 is 20.7 Å². The molecule has 1 unspecified atom stereocenters. The number of aliphatic imine (C=N–C) groups is 1. The van der Waals surface area contributed by atoms with Crippen LogP contribution in [-0.4, -0.2) is 37.6 Å². The van der Waals surface area contributed by atoms with Gasteiger partial charge in [0.15, 0.2) is 5.96 Å². The van der Waals surface area contributed by atoms with Crippen molar-refractivity contribution in [2.45, 2.75) is 38.3 Å². The highest BCUT2D eigenvalue weighted by Gasteiger charge is 2.33. The number of carbonyl (C=O) groups is 1. The number of nitrogens with one attached hydrogen (secondary N) is 3. The van der Waals surface area contributed by atoms with Gasteiger partial charge in [-0.15, -0.1) is 0 Å². The molecule has 1 heterocycles. The Balaban J connectivity index is 1.47. The van der Waals surface area contributed by atoms with Crippen LogP contribution in [0.15, 0.2) is 53.5 Å². The number of hydrogen-bond acceptors (Lipinski definition) is 3. The number of carbonyl (C=O) groups excluding carboxylic acids is 1. The molecule has 2 aromatic carbocycles. The molecular weight excluding hydrogens is 383 g/mol. The molecule has 0 spiro atoms. The van der Waals surface area contributed by atoms with Gasteiger partial charge in [-0.3, -0.25) is 9.79 Å². The first-order valence-corrected chi connectivity index (χ1v) is 10.1. The van der Waals surface area contributed by atoms with E-state index in [1.165, 1.54) is 12.1 Å². The fourth-order valence-corrected chi connectivity index (χ4v) is 3.52. The fourth-order valence-electron chi connectivity index (χ4n) is 3.52. The lowest BCUT2D eigenvalue weighted by Crippen LogP contribution is -2.46. The molecule has 1 aliphatic rings. The fraction of sp³-hybridized carbons (Fsp3) is 0.391. The zero-order chi connectivity index (χ0) is 21.6. The van der Waals surface area contributed by atoms with Crippen molar-refractivity contribution in [3.63, 3.8) is 0 Å². The molecule has 2 aromatic rings. The molecule has 0 fully saturated rings. The van der Waals surface area contributed by atoms with Crippen LogP contribution in [0.3, 0.4) is 0 Å². The molecule has 1 amide bonds. The van der Waals surface area contributed by atoms with Crippen molar-refractivity contribution >= 4 is 11.9 Å². The average Bonchev–Trinajstić information content (AvgIpc) is 2.71. The van der Waals surface area contributed by atoms with Crippen molar-refractivity contribution in [3.8, 4) is 5.75 Å². The summed E-state index contributed by atoms with van der Waals surface area (Å²) in [6.07, 6.45) is 1.03. The Morgan fingerprint density at radius 3 is 2.57 bits per heavy atom. The minimum absolute atomic E-state index is 0.0733. The molecule has 0 saturated heterocycles. The van der Waals surface area contributed by atoms with Crippen molar-refractivity contribution in [1.29, 1.82) is 0 Å². The molecule has 3 N–H and O–H groups in total. The molecule has 1 atom stereocenters. The van der Waals surface area contributed by atoms with Crippen LogP contribution in [0.1, 0.15) is 37.4 Å². The summed E-state index contributed by atoms with van der Waals surface area (Å²) in [4.78, 5) is 16.3. The smallest absolute Gasteiger partial charge is 0.224 e. The van der Waals surface area contributed by atoms with Gasteiger partial charge in [0.05, 0.1) is 12.5 Å². The number of hydrogen-bond donors (Lipinski definition) is 3. The van der Waals surface area contributed by atoms with Crippen molar-refractivity contribution in [2.75, 3.05) is 20.1 Å². The molecule has 0 aromatic heterocycles. The summed E-state index contributed by atoms with van der Waals surface area (Å²) in [6, 6.07) is 14.0. The van der Waals surface area contributed by atoms with E-state index in [0.717, 1.165) is 23.3 Å². The number of amides is 1. The summed E-state index contributed by atoms with van der Waals surface area (Å²) in [7, 11) is 1.72. The molecule has 160 valence electrons. The molecule has 1 aliphatic heterocycles. The quantitative estimate of drug-likeness (QED) is 0.387. The second-order valence-electron chi connectivity index (χ2n) is 7.95. The van der Waals surface area contributed by atoms with E-state index < -0.39 is 0 Å². The minimum atomic E-state index is -0.308. The maximum Gasteiger partial charge on any atom is 0.224 e. The molecule has 0 aliphatic carbocycles. The summed E-state index contributed by atoms with van der Waals surface area (Å²) >= 11 is 0. The molecule has 7 heteroatoms. The first-order valence-electron chi connectivity index (χ1n) is 10.1. The Bertz CT molecular complexity index is 896. The van der Waals surface area contributed by atoms with Gasteiger partial charge in [0, 0.05) is 32.1 Å². The number of ether oxygens (including phenoxy) is 1. The lowest BCUT2D eigenvalue weighted by molar-refractivity contribution is -0.120. The number of guanidine groups is 1. The van der Waals surface area contributed by atoms with Gasteiger partial charge in [-0.1, -0.05) is 30.3 Å². The number of para-hydroxylation sites is 1. The number of fused-ring (bicyclic) bond motifs is 1. The zero-order valence-electron chi connectivity index (χ0n) is 17.7. The van der Waals surface area contributed by atoms with Gasteiger partial charge in [-0.25, -0.2) is 4.39 Å². The third-order valence-corrected chi connectivity index (χ3v) is 4.93. The van der Waals surface area contributed by atoms with Crippen molar-refractivity contribution in [3.05, 3.63) is 65.5 Å². The van der Waals surface area contributed by atoms with Crippen LogP contribution in [0.4, 0.5) is 4.39 Å². The number of benzene rings is 2. The number of rotatable bonds is 6. The monoisotopic (exact) mass is 412 g/mol. The van der Waals surface area contributed by atoms with Gasteiger partial charge in [0.1, 0.15) is 17.2 Å². The van der Waals surface area contributed by atoms with E-state index in [1.54, 1.807) is 19.2 Å². The van der Waals surface area contributed by atoms with E-state index in [0.29, 0.717) is 19.0 Å². The molecule has 0 saturated carbocycles. The molecule has 0 radical (unpaired) electrons. The van der Waals surface area contributed by atoms with Gasteiger partial charge in [0.25, 0.3) is 0 Å². The lowest BCUT2D eigenvalue weighted by Gasteiger charge is -2.38. The van der Waals surface area contributed by atoms with E-state index in [9.17, 15) is 9.18 Å². The third kappa shape index (κ3) is 5.95. The van der Waals surface area contributed by atoms with E-state index in [4.69, 9.17) is 4.74 Å². The average molecular weight is 413 g/mol. The van der Waals surface area contributed by atoms with Gasteiger partial charge < -0.3 is 20.7 Å². The Morgan fingerprint density at radius 1 is 1.13 bits per heavy atom. The zero-order valence-corrected chi connectivity index (χ0v) is 17.7. The summed E-state index contributed by atoms with van der Waals surface area (Å²) in [5, 5.41) is 9.56. The predicted molar refractivity (Wildman–Crippen MR) is 116 cm³/mol. The van der Waals surface area contributed by atoms with E-state index in [-0.39, 0.29) is 29.8 Å². The molecular formula is C23H29FN4O2. The minimum Gasteiger partial charge on any atom is -0.487 e. The normalized spacial score (nSPS) is 17.5. The number of halogens is 1. The van der Waals surface area contributed by atoms with Crippen LogP contribution in [0.5, 0.6) is 5.75 Å². The second-order valence-corrected chi connectivity index (χ2v) is 7.95. The summed E-state index contributed by atoms with van der Waals surface area (Å²) < 4.78 is 19.0. The highest BCUT2D eigenvalue weighted by Crippen LogP contribution is 2.39. The first-order chi connectivity index (χ1) is 14.4. The molecule has 0 bridgehead atoms. The van der Waals surface area contributed by atoms with Crippen LogP contribution in [0.25, 0.3) is 0 Å². The van der Waals surface area contributed by atoms with Crippen LogP contribution in [-0.2, 0) is 11.2 Å². The van der Waals surface area contributed by atoms with E-state index in [2.05, 4.69) is 40.9 Å². The van der Waals surface area contributed by atoms with Crippen LogP contribution >= 0.6 is 0 Å². The van der Waals surface area contributed by atoms with Crippen LogP contribution in [0, 0.1) is 5.82 Å². The lowest BCUT2D eigenvalue weighted by atomic mass is 9.90. The summed E-state index contributed by atoms with van der Waals surface area (Å²) in [6.45, 7) is 5.13.